The van der Waals surface area contributed by atoms with Gasteiger partial charge in [0.1, 0.15) is 0 Å². The molecule has 2 fully saturated rings. The van der Waals surface area contributed by atoms with Gasteiger partial charge in [0.05, 0.1) is 6.10 Å². The number of hydrogen-bond acceptors (Lipinski definition) is 2. The van der Waals surface area contributed by atoms with Crippen molar-refractivity contribution in [2.75, 3.05) is 6.61 Å². The highest BCUT2D eigenvalue weighted by Gasteiger charge is 2.36. The topological polar surface area (TPSA) is 35.2 Å². The molecule has 0 aromatic rings. The number of nitrogens with two attached hydrogens (primary N) is 1. The Morgan fingerprint density at radius 2 is 1.88 bits per heavy atom. The monoisotopic (exact) mass is 225 g/mol. The molecule has 2 rings (SSSR count). The average Bonchev–Trinajstić information content (AvgIpc) is 2.77. The highest BCUT2D eigenvalue weighted by atomic mass is 16.5. The van der Waals surface area contributed by atoms with Crippen LogP contribution in [0.3, 0.4) is 0 Å². The van der Waals surface area contributed by atoms with Gasteiger partial charge in [-0.1, -0.05) is 26.7 Å². The molecule has 0 aromatic carbocycles. The Morgan fingerprint density at radius 3 is 2.50 bits per heavy atom. The standard InChI is InChI=1S/C14H27NO/c1-3-13-12(8-9-16-13)14(15)11-6-4-10(2)5-7-11/h10-14H,3-9,15H2,1-2H3. The molecular weight excluding hydrogens is 198 g/mol. The highest BCUT2D eigenvalue weighted by Crippen LogP contribution is 2.36. The van der Waals surface area contributed by atoms with Crippen LogP contribution in [0.1, 0.15) is 52.4 Å². The molecule has 2 nitrogen and oxygen atoms in total. The SMILES string of the molecule is CCC1OCCC1C(N)C1CCC(C)CC1. The zero-order valence-corrected chi connectivity index (χ0v) is 10.8. The molecule has 0 spiro atoms. The van der Waals surface area contributed by atoms with E-state index in [9.17, 15) is 0 Å². The van der Waals surface area contributed by atoms with Crippen molar-refractivity contribution in [2.45, 2.75) is 64.5 Å². The number of hydrogen-bond donors (Lipinski definition) is 1. The molecule has 0 radical (unpaired) electrons. The first-order valence-corrected chi connectivity index (χ1v) is 7.09. The number of rotatable bonds is 3. The van der Waals surface area contributed by atoms with Crippen LogP contribution in [-0.4, -0.2) is 18.8 Å². The first-order valence-electron chi connectivity index (χ1n) is 7.09. The molecule has 2 N–H and O–H groups in total. The molecule has 1 saturated carbocycles. The van der Waals surface area contributed by atoms with Crippen molar-refractivity contribution in [3.8, 4) is 0 Å². The zero-order valence-electron chi connectivity index (χ0n) is 10.8. The van der Waals surface area contributed by atoms with Gasteiger partial charge in [-0.3, -0.25) is 0 Å². The predicted octanol–water partition coefficient (Wildman–Crippen LogP) is 2.96. The highest BCUT2D eigenvalue weighted by molar-refractivity contribution is 4.89. The second kappa shape index (κ2) is 5.50. The van der Waals surface area contributed by atoms with Crippen molar-refractivity contribution < 1.29 is 4.74 Å². The Balaban J connectivity index is 1.88. The van der Waals surface area contributed by atoms with Crippen LogP contribution >= 0.6 is 0 Å². The molecule has 3 atom stereocenters. The quantitative estimate of drug-likeness (QED) is 0.801. The van der Waals surface area contributed by atoms with E-state index < -0.39 is 0 Å². The summed E-state index contributed by atoms with van der Waals surface area (Å²) in [7, 11) is 0. The van der Waals surface area contributed by atoms with Crippen LogP contribution in [0.4, 0.5) is 0 Å². The van der Waals surface area contributed by atoms with Crippen LogP contribution in [0.15, 0.2) is 0 Å². The third-order valence-corrected chi connectivity index (χ3v) is 4.76. The number of ether oxygens (including phenoxy) is 1. The van der Waals surface area contributed by atoms with Crippen LogP contribution < -0.4 is 5.73 Å². The van der Waals surface area contributed by atoms with Crippen LogP contribution in [-0.2, 0) is 4.74 Å². The van der Waals surface area contributed by atoms with Gasteiger partial charge in [-0.05, 0) is 37.5 Å². The first-order chi connectivity index (χ1) is 7.72. The van der Waals surface area contributed by atoms with Gasteiger partial charge < -0.3 is 10.5 Å². The average molecular weight is 225 g/mol. The van der Waals surface area contributed by atoms with Gasteiger partial charge in [-0.15, -0.1) is 0 Å². The fourth-order valence-electron chi connectivity index (χ4n) is 3.55. The minimum Gasteiger partial charge on any atom is -0.378 e. The Kier molecular flexibility index (Phi) is 4.26. The third-order valence-electron chi connectivity index (χ3n) is 4.76. The van der Waals surface area contributed by atoms with Gasteiger partial charge in [0.2, 0.25) is 0 Å². The van der Waals surface area contributed by atoms with E-state index in [2.05, 4.69) is 13.8 Å². The van der Waals surface area contributed by atoms with Gasteiger partial charge >= 0.3 is 0 Å². The molecular formula is C14H27NO. The van der Waals surface area contributed by atoms with Crippen molar-refractivity contribution in [3.05, 3.63) is 0 Å². The summed E-state index contributed by atoms with van der Waals surface area (Å²) in [4.78, 5) is 0. The lowest BCUT2D eigenvalue weighted by Gasteiger charge is -2.35. The Labute approximate surface area is 99.9 Å². The minimum absolute atomic E-state index is 0.389. The summed E-state index contributed by atoms with van der Waals surface area (Å²) in [6.07, 6.45) is 8.19. The molecule has 1 heterocycles. The van der Waals surface area contributed by atoms with Crippen LogP contribution in [0, 0.1) is 17.8 Å². The second-order valence-corrected chi connectivity index (χ2v) is 5.87. The minimum atomic E-state index is 0.389. The molecule has 0 amide bonds. The maximum atomic E-state index is 6.49. The molecule has 16 heavy (non-hydrogen) atoms. The second-order valence-electron chi connectivity index (χ2n) is 5.87. The lowest BCUT2D eigenvalue weighted by Crippen LogP contribution is -2.42. The summed E-state index contributed by atoms with van der Waals surface area (Å²) in [5.74, 6) is 2.31. The van der Waals surface area contributed by atoms with Gasteiger partial charge in [0.25, 0.3) is 0 Å². The van der Waals surface area contributed by atoms with Crippen LogP contribution in [0.2, 0.25) is 0 Å². The van der Waals surface area contributed by atoms with Gasteiger partial charge in [-0.2, -0.15) is 0 Å². The first kappa shape index (κ1) is 12.4. The maximum Gasteiger partial charge on any atom is 0.0616 e. The van der Waals surface area contributed by atoms with Gasteiger partial charge in [0, 0.05) is 18.6 Å². The van der Waals surface area contributed by atoms with Gasteiger partial charge in [-0.25, -0.2) is 0 Å². The molecule has 2 heteroatoms. The molecule has 2 aliphatic rings. The van der Waals surface area contributed by atoms with E-state index in [1.54, 1.807) is 0 Å². The maximum absolute atomic E-state index is 6.49. The summed E-state index contributed by atoms with van der Waals surface area (Å²) in [5.41, 5.74) is 6.49. The molecule has 94 valence electrons. The predicted molar refractivity (Wildman–Crippen MR) is 67.2 cm³/mol. The Morgan fingerprint density at radius 1 is 1.19 bits per heavy atom. The summed E-state index contributed by atoms with van der Waals surface area (Å²) < 4.78 is 5.77. The van der Waals surface area contributed by atoms with E-state index >= 15 is 0 Å². The van der Waals surface area contributed by atoms with E-state index in [1.165, 1.54) is 32.1 Å². The van der Waals surface area contributed by atoms with E-state index in [0.29, 0.717) is 18.1 Å². The van der Waals surface area contributed by atoms with Crippen molar-refractivity contribution in [3.63, 3.8) is 0 Å². The van der Waals surface area contributed by atoms with E-state index in [1.807, 2.05) is 0 Å². The lowest BCUT2D eigenvalue weighted by atomic mass is 9.74. The van der Waals surface area contributed by atoms with Crippen LogP contribution in [0.25, 0.3) is 0 Å². The Bertz CT molecular complexity index is 211. The lowest BCUT2D eigenvalue weighted by molar-refractivity contribution is 0.0703. The normalized spacial score (nSPS) is 42.2. The molecule has 3 unspecified atom stereocenters. The van der Waals surface area contributed by atoms with E-state index in [0.717, 1.165) is 24.9 Å². The van der Waals surface area contributed by atoms with Crippen molar-refractivity contribution >= 4 is 0 Å². The summed E-state index contributed by atoms with van der Waals surface area (Å²) in [6, 6.07) is 0.389. The molecule has 1 saturated heterocycles. The molecule has 0 aromatic heterocycles. The Hall–Kier alpha value is -0.0800. The summed E-state index contributed by atoms with van der Waals surface area (Å²) in [5, 5.41) is 0. The third kappa shape index (κ3) is 2.60. The van der Waals surface area contributed by atoms with Gasteiger partial charge in [0.15, 0.2) is 0 Å². The van der Waals surface area contributed by atoms with Crippen molar-refractivity contribution in [1.29, 1.82) is 0 Å². The van der Waals surface area contributed by atoms with Crippen molar-refractivity contribution in [2.24, 2.45) is 23.5 Å². The summed E-state index contributed by atoms with van der Waals surface area (Å²) in [6.45, 7) is 5.52. The molecule has 1 aliphatic heterocycles. The fourth-order valence-corrected chi connectivity index (χ4v) is 3.55. The summed E-state index contributed by atoms with van der Waals surface area (Å²) >= 11 is 0. The molecule has 0 bridgehead atoms. The van der Waals surface area contributed by atoms with E-state index in [4.69, 9.17) is 10.5 Å². The smallest absolute Gasteiger partial charge is 0.0616 e. The largest absolute Gasteiger partial charge is 0.378 e. The van der Waals surface area contributed by atoms with E-state index in [-0.39, 0.29) is 0 Å². The van der Waals surface area contributed by atoms with Crippen molar-refractivity contribution in [1.82, 2.24) is 0 Å². The molecule has 1 aliphatic carbocycles. The fraction of sp³-hybridized carbons (Fsp3) is 1.00. The van der Waals surface area contributed by atoms with Crippen LogP contribution in [0.5, 0.6) is 0 Å². The zero-order chi connectivity index (χ0) is 11.5.